The number of nitrogens with zero attached hydrogens (tertiary/aromatic N) is 2. The predicted molar refractivity (Wildman–Crippen MR) is 103 cm³/mol. The van der Waals surface area contributed by atoms with E-state index in [2.05, 4.69) is 17.2 Å². The van der Waals surface area contributed by atoms with E-state index < -0.39 is 6.10 Å². The fraction of sp³-hybridized carbons (Fsp3) is 0.435. The van der Waals surface area contributed by atoms with Crippen LogP contribution in [0.4, 0.5) is 4.39 Å². The Hall–Kier alpha value is -2.20. The van der Waals surface area contributed by atoms with Gasteiger partial charge in [0.05, 0.1) is 24.1 Å². The zero-order valence-corrected chi connectivity index (χ0v) is 15.4. The first kappa shape index (κ1) is 16.9. The lowest BCUT2D eigenvalue weighted by Gasteiger charge is -2.33. The number of benzene rings is 1. The highest BCUT2D eigenvalue weighted by Gasteiger charge is 2.34. The molecule has 0 saturated heterocycles. The third-order valence-electron chi connectivity index (χ3n) is 6.54. The van der Waals surface area contributed by atoms with Crippen LogP contribution < -0.4 is 0 Å². The fourth-order valence-corrected chi connectivity index (χ4v) is 4.89. The lowest BCUT2D eigenvalue weighted by atomic mass is 9.74. The molecule has 1 N–H and O–H groups in total. The van der Waals surface area contributed by atoms with Crippen LogP contribution in [0.5, 0.6) is 0 Å². The van der Waals surface area contributed by atoms with Gasteiger partial charge in [-0.1, -0.05) is 18.2 Å². The van der Waals surface area contributed by atoms with Gasteiger partial charge in [0, 0.05) is 11.8 Å². The molecule has 0 aliphatic heterocycles. The monoisotopic (exact) mass is 364 g/mol. The van der Waals surface area contributed by atoms with E-state index in [9.17, 15) is 9.50 Å². The van der Waals surface area contributed by atoms with Gasteiger partial charge in [0.1, 0.15) is 5.82 Å². The second kappa shape index (κ2) is 6.75. The molecule has 0 amide bonds. The number of rotatable bonds is 4. The largest absolute Gasteiger partial charge is 0.388 e. The van der Waals surface area contributed by atoms with Gasteiger partial charge >= 0.3 is 0 Å². The summed E-state index contributed by atoms with van der Waals surface area (Å²) in [5, 5.41) is 11.3. The van der Waals surface area contributed by atoms with Gasteiger partial charge in [0.25, 0.3) is 0 Å². The average molecular weight is 364 g/mol. The maximum atomic E-state index is 14.1. The number of pyridine rings is 1. The van der Waals surface area contributed by atoms with Crippen LogP contribution in [-0.2, 0) is 0 Å². The molecule has 3 aromatic rings. The number of hydrogen-bond donors (Lipinski definition) is 1. The quantitative estimate of drug-likeness (QED) is 0.677. The van der Waals surface area contributed by atoms with E-state index in [4.69, 9.17) is 0 Å². The number of aliphatic hydroxyl groups is 1. The van der Waals surface area contributed by atoms with Crippen LogP contribution >= 0.6 is 0 Å². The van der Waals surface area contributed by atoms with Crippen LogP contribution in [0.1, 0.15) is 73.2 Å². The van der Waals surface area contributed by atoms with E-state index in [1.54, 1.807) is 18.5 Å². The van der Waals surface area contributed by atoms with Crippen LogP contribution in [0.3, 0.4) is 0 Å². The van der Waals surface area contributed by atoms with E-state index in [0.29, 0.717) is 5.92 Å². The minimum Gasteiger partial charge on any atom is -0.388 e. The van der Waals surface area contributed by atoms with Gasteiger partial charge in [-0.2, -0.15) is 0 Å². The topological polar surface area (TPSA) is 37.5 Å². The molecule has 0 radical (unpaired) electrons. The summed E-state index contributed by atoms with van der Waals surface area (Å²) in [6.45, 7) is 0. The summed E-state index contributed by atoms with van der Waals surface area (Å²) < 4.78 is 16.1. The number of halogens is 1. The molecule has 4 heteroatoms. The Morgan fingerprint density at radius 2 is 1.67 bits per heavy atom. The lowest BCUT2D eigenvalue weighted by Crippen LogP contribution is -2.21. The van der Waals surface area contributed by atoms with Crippen LogP contribution in [0, 0.1) is 11.7 Å². The molecule has 5 rings (SSSR count). The Morgan fingerprint density at radius 1 is 0.963 bits per heavy atom. The Balaban J connectivity index is 1.39. The van der Waals surface area contributed by atoms with Crippen molar-refractivity contribution >= 4 is 5.52 Å². The van der Waals surface area contributed by atoms with Gasteiger partial charge in [0.2, 0.25) is 0 Å². The molecule has 0 unspecified atom stereocenters. The molecule has 27 heavy (non-hydrogen) atoms. The molecule has 2 saturated carbocycles. The van der Waals surface area contributed by atoms with Crippen LogP contribution in [0.2, 0.25) is 0 Å². The van der Waals surface area contributed by atoms with Gasteiger partial charge in [-0.15, -0.1) is 0 Å². The van der Waals surface area contributed by atoms with Crippen molar-refractivity contribution in [1.29, 1.82) is 0 Å². The Labute approximate surface area is 158 Å². The first-order valence-corrected chi connectivity index (χ1v) is 10.1. The summed E-state index contributed by atoms with van der Waals surface area (Å²) in [6, 6.07) is 9.30. The highest BCUT2D eigenvalue weighted by Crippen LogP contribution is 2.48. The van der Waals surface area contributed by atoms with E-state index in [-0.39, 0.29) is 17.7 Å². The van der Waals surface area contributed by atoms with Gasteiger partial charge in [-0.25, -0.2) is 9.37 Å². The summed E-state index contributed by atoms with van der Waals surface area (Å²) in [6.07, 6.45) is 11.4. The van der Waals surface area contributed by atoms with Crippen molar-refractivity contribution in [3.63, 3.8) is 0 Å². The normalized spacial score (nSPS) is 24.2. The third kappa shape index (κ3) is 3.06. The molecule has 2 aromatic heterocycles. The van der Waals surface area contributed by atoms with Gasteiger partial charge < -0.3 is 9.51 Å². The first-order chi connectivity index (χ1) is 13.2. The van der Waals surface area contributed by atoms with Crippen LogP contribution in [0.25, 0.3) is 5.52 Å². The summed E-state index contributed by atoms with van der Waals surface area (Å²) in [4.78, 5) is 4.28. The van der Waals surface area contributed by atoms with E-state index in [1.807, 2.05) is 22.7 Å². The highest BCUT2D eigenvalue weighted by atomic mass is 19.1. The number of hydrogen-bond acceptors (Lipinski definition) is 2. The molecular weight excluding hydrogens is 339 g/mol. The number of imidazole rings is 1. The second-order valence-corrected chi connectivity index (χ2v) is 8.22. The molecule has 0 spiro atoms. The molecular formula is C23H25FN2O. The molecule has 2 heterocycles. The van der Waals surface area contributed by atoms with E-state index in [1.165, 1.54) is 18.4 Å². The van der Waals surface area contributed by atoms with Crippen molar-refractivity contribution in [3.05, 3.63) is 71.6 Å². The molecule has 1 aromatic carbocycles. The summed E-state index contributed by atoms with van der Waals surface area (Å²) >= 11 is 0. The second-order valence-electron chi connectivity index (χ2n) is 8.22. The molecule has 0 bridgehead atoms. The first-order valence-electron chi connectivity index (χ1n) is 10.1. The van der Waals surface area contributed by atoms with Crippen molar-refractivity contribution in [2.45, 2.75) is 56.5 Å². The van der Waals surface area contributed by atoms with Crippen molar-refractivity contribution < 1.29 is 9.50 Å². The molecule has 3 nitrogen and oxygen atoms in total. The Morgan fingerprint density at radius 3 is 2.41 bits per heavy atom. The molecule has 2 aliphatic carbocycles. The van der Waals surface area contributed by atoms with Crippen LogP contribution in [-0.4, -0.2) is 14.5 Å². The summed E-state index contributed by atoms with van der Waals surface area (Å²) in [5.41, 5.74) is 4.24. The third-order valence-corrected chi connectivity index (χ3v) is 6.54. The fourth-order valence-electron chi connectivity index (χ4n) is 4.89. The number of aliphatic hydroxyl groups excluding tert-OH is 1. The van der Waals surface area contributed by atoms with Crippen molar-refractivity contribution in [3.8, 4) is 0 Å². The SMILES string of the molecule is O[C@@H](c1c(C2CC2)ccn2cncc12)C1CCC(c2ccccc2F)CC1. The zero-order chi connectivity index (χ0) is 18.4. The lowest BCUT2D eigenvalue weighted by molar-refractivity contribution is 0.0807. The zero-order valence-electron chi connectivity index (χ0n) is 15.4. The van der Waals surface area contributed by atoms with E-state index >= 15 is 0 Å². The molecule has 1 atom stereocenters. The molecule has 140 valence electrons. The minimum absolute atomic E-state index is 0.0958. The number of aromatic nitrogens is 2. The minimum atomic E-state index is -0.470. The van der Waals surface area contributed by atoms with Gasteiger partial charge in [-0.3, -0.25) is 0 Å². The maximum Gasteiger partial charge on any atom is 0.126 e. The number of fused-ring (bicyclic) bond motifs is 1. The molecule has 2 fully saturated rings. The van der Waals surface area contributed by atoms with Crippen molar-refractivity contribution in [2.24, 2.45) is 5.92 Å². The van der Waals surface area contributed by atoms with Gasteiger partial charge in [-0.05, 0) is 79.5 Å². The van der Waals surface area contributed by atoms with Crippen molar-refractivity contribution in [1.82, 2.24) is 9.38 Å². The van der Waals surface area contributed by atoms with Crippen LogP contribution in [0.15, 0.2) is 49.1 Å². The van der Waals surface area contributed by atoms with E-state index in [0.717, 1.165) is 42.3 Å². The molecule has 2 aliphatic rings. The Bertz CT molecular complexity index is 954. The van der Waals surface area contributed by atoms with Crippen molar-refractivity contribution in [2.75, 3.05) is 0 Å². The smallest absolute Gasteiger partial charge is 0.126 e. The van der Waals surface area contributed by atoms with Gasteiger partial charge in [0.15, 0.2) is 0 Å². The highest BCUT2D eigenvalue weighted by molar-refractivity contribution is 5.59. The standard InChI is InChI=1S/C23H25FN2O/c24-20-4-2-1-3-18(20)15-7-9-17(10-8-15)23(27)22-19(16-5-6-16)11-12-26-14-25-13-21(22)26/h1-4,11-17,23,27H,5-10H2/t15?,17?,23-/m1/s1. The summed E-state index contributed by atoms with van der Waals surface area (Å²) in [7, 11) is 0. The Kier molecular flexibility index (Phi) is 4.24. The maximum absolute atomic E-state index is 14.1. The predicted octanol–water partition coefficient (Wildman–Crippen LogP) is 5.36. The summed E-state index contributed by atoms with van der Waals surface area (Å²) in [5.74, 6) is 0.987. The average Bonchev–Trinajstić information content (AvgIpc) is 3.44.